The van der Waals surface area contributed by atoms with E-state index in [9.17, 15) is 0 Å². The van der Waals surface area contributed by atoms with Gasteiger partial charge in [0.2, 0.25) is 0 Å². The van der Waals surface area contributed by atoms with Crippen LogP contribution in [0.1, 0.15) is 11.3 Å². The maximum atomic E-state index is 4.95. The summed E-state index contributed by atoms with van der Waals surface area (Å²) in [5.74, 6) is 0. The Hall–Kier alpha value is -7.35. The largest absolute Gasteiger partial charge is 0.261 e. The molecule has 57 heavy (non-hydrogen) atoms. The van der Waals surface area contributed by atoms with Crippen molar-refractivity contribution in [1.29, 1.82) is 0 Å². The summed E-state index contributed by atoms with van der Waals surface area (Å²) in [5, 5.41) is 29.1. The molecule has 0 aliphatic rings. The van der Waals surface area contributed by atoms with Crippen molar-refractivity contribution in [3.63, 3.8) is 0 Å². The van der Waals surface area contributed by atoms with Crippen molar-refractivity contribution in [1.82, 2.24) is 4.98 Å². The van der Waals surface area contributed by atoms with Gasteiger partial charge in [-0.05, 0) is 166 Å². The predicted octanol–water partition coefficient (Wildman–Crippen LogP) is 15.3. The summed E-state index contributed by atoms with van der Waals surface area (Å²) in [6.45, 7) is 0. The molecule has 0 atom stereocenters. The topological polar surface area (TPSA) is 12.9 Å². The molecule has 1 heterocycles. The Balaban J connectivity index is 1.26. The van der Waals surface area contributed by atoms with Gasteiger partial charge in [-0.3, -0.25) is 4.98 Å². The Morgan fingerprint density at radius 3 is 1.47 bits per heavy atom. The number of hydrogen-bond acceptors (Lipinski definition) is 1. The Bertz CT molecular complexity index is 3930. The van der Waals surface area contributed by atoms with Gasteiger partial charge in [-0.15, -0.1) is 0 Å². The molecule has 0 unspecified atom stereocenters. The van der Waals surface area contributed by atoms with E-state index in [1.807, 2.05) is 12.3 Å². The van der Waals surface area contributed by atoms with Crippen LogP contribution in [0.15, 0.2) is 176 Å². The molecule has 0 radical (unpaired) electrons. The second-order valence-corrected chi connectivity index (χ2v) is 16.1. The molecule has 0 fully saturated rings. The van der Waals surface area contributed by atoms with Gasteiger partial charge in [0.1, 0.15) is 0 Å². The first-order valence-corrected chi connectivity index (χ1v) is 20.0. The van der Waals surface area contributed by atoms with Gasteiger partial charge in [0.05, 0.1) is 0 Å². The number of hydrogen-bond donors (Lipinski definition) is 0. The third-order valence-corrected chi connectivity index (χ3v) is 13.3. The van der Waals surface area contributed by atoms with Crippen LogP contribution in [-0.4, -0.2) is 4.98 Å². The summed E-state index contributed by atoms with van der Waals surface area (Å²) < 4.78 is 0. The third-order valence-electron chi connectivity index (χ3n) is 13.3. The SMILES string of the molecule is c1ccc(Cc2c3cc4c(cc3c(-c3ccc5ccccc5c3)c3c5ccc6c7cccc8cccc(c9ccc(c23)c5c96)c87)c2cccc3cccc4c32)nc1. The van der Waals surface area contributed by atoms with Crippen molar-refractivity contribution in [3.8, 4) is 11.1 Å². The van der Waals surface area contributed by atoms with Crippen molar-refractivity contribution in [2.24, 2.45) is 0 Å². The van der Waals surface area contributed by atoms with E-state index < -0.39 is 0 Å². The lowest BCUT2D eigenvalue weighted by atomic mass is 9.86. The molecule has 1 nitrogen and oxygen atoms in total. The highest BCUT2D eigenvalue weighted by molar-refractivity contribution is 6.45. The zero-order chi connectivity index (χ0) is 36.9. The standard InChI is InChI=1S/C56H31N/c1-2-10-34-27-35(21-20-31(34)9-1)52-49-30-46-40-19-8-14-33-13-7-18-39(51(33)40)45(46)29-47(49)48(28-36-15-3-4-26-57-36)55-43-24-22-41-37-16-5-11-32-12-6-17-38(50(32)37)42-23-25-44(56(52)55)54(43)53(41)42/h1-27,29-30H,28H2. The van der Waals surface area contributed by atoms with Crippen LogP contribution in [0.25, 0.3) is 130 Å². The second-order valence-electron chi connectivity index (χ2n) is 16.1. The van der Waals surface area contributed by atoms with Crippen molar-refractivity contribution >= 4 is 118 Å². The summed E-state index contributed by atoms with van der Waals surface area (Å²) >= 11 is 0. The summed E-state index contributed by atoms with van der Waals surface area (Å²) in [6.07, 6.45) is 2.67. The Kier molecular flexibility index (Phi) is 5.62. The van der Waals surface area contributed by atoms with Crippen LogP contribution in [-0.2, 0) is 6.42 Å². The van der Waals surface area contributed by atoms with Crippen molar-refractivity contribution in [2.75, 3.05) is 0 Å². The number of fused-ring (bicyclic) bond motifs is 10. The molecule has 0 saturated heterocycles. The first-order chi connectivity index (χ1) is 28.3. The molecule has 0 amide bonds. The molecular formula is C56H31N. The monoisotopic (exact) mass is 717 g/mol. The van der Waals surface area contributed by atoms with Gasteiger partial charge in [-0.2, -0.15) is 0 Å². The summed E-state index contributed by atoms with van der Waals surface area (Å²) in [7, 11) is 0. The molecule has 1 aromatic heterocycles. The molecule has 14 rings (SSSR count). The van der Waals surface area contributed by atoms with Crippen LogP contribution in [0.3, 0.4) is 0 Å². The van der Waals surface area contributed by atoms with Crippen LogP contribution in [0.4, 0.5) is 0 Å². The first kappa shape index (κ1) is 29.9. The minimum atomic E-state index is 0.736. The van der Waals surface area contributed by atoms with Gasteiger partial charge in [-0.25, -0.2) is 0 Å². The van der Waals surface area contributed by atoms with E-state index in [0.717, 1.165) is 12.1 Å². The van der Waals surface area contributed by atoms with Gasteiger partial charge < -0.3 is 0 Å². The van der Waals surface area contributed by atoms with Gasteiger partial charge in [0.15, 0.2) is 0 Å². The molecule has 14 aromatic rings. The predicted molar refractivity (Wildman–Crippen MR) is 245 cm³/mol. The lowest BCUT2D eigenvalue weighted by Gasteiger charge is -2.17. The summed E-state index contributed by atoms with van der Waals surface area (Å²) in [5.41, 5.74) is 4.99. The fourth-order valence-corrected chi connectivity index (χ4v) is 11.1. The quantitative estimate of drug-likeness (QED) is 0.131. The average Bonchev–Trinajstić information content (AvgIpc) is 3.77. The van der Waals surface area contributed by atoms with Gasteiger partial charge >= 0.3 is 0 Å². The van der Waals surface area contributed by atoms with Crippen LogP contribution < -0.4 is 0 Å². The van der Waals surface area contributed by atoms with Crippen LogP contribution >= 0.6 is 0 Å². The molecule has 0 aliphatic heterocycles. The van der Waals surface area contributed by atoms with Crippen molar-refractivity contribution in [2.45, 2.75) is 6.42 Å². The molecular weight excluding hydrogens is 687 g/mol. The van der Waals surface area contributed by atoms with E-state index in [-0.39, 0.29) is 0 Å². The molecule has 0 spiro atoms. The van der Waals surface area contributed by atoms with E-state index in [2.05, 4.69) is 164 Å². The highest BCUT2D eigenvalue weighted by Gasteiger charge is 2.26. The van der Waals surface area contributed by atoms with E-state index in [1.54, 1.807) is 0 Å². The zero-order valence-corrected chi connectivity index (χ0v) is 30.9. The molecule has 0 bridgehead atoms. The third kappa shape index (κ3) is 3.81. The second kappa shape index (κ2) is 10.7. The molecule has 0 saturated carbocycles. The molecule has 0 aliphatic carbocycles. The lowest BCUT2D eigenvalue weighted by molar-refractivity contribution is 1.09. The minimum absolute atomic E-state index is 0.736. The molecule has 260 valence electrons. The first-order valence-electron chi connectivity index (χ1n) is 20.0. The van der Waals surface area contributed by atoms with Crippen molar-refractivity contribution in [3.05, 3.63) is 187 Å². The highest BCUT2D eigenvalue weighted by Crippen LogP contribution is 2.53. The van der Waals surface area contributed by atoms with Gasteiger partial charge in [-0.1, -0.05) is 140 Å². The number of pyridine rings is 1. The molecule has 13 aromatic carbocycles. The summed E-state index contributed by atoms with van der Waals surface area (Å²) in [6, 6.07) is 64.1. The maximum absolute atomic E-state index is 4.95. The van der Waals surface area contributed by atoms with E-state index in [4.69, 9.17) is 4.98 Å². The Morgan fingerprint density at radius 2 is 0.825 bits per heavy atom. The number of nitrogens with zero attached hydrogens (tertiary/aromatic N) is 1. The van der Waals surface area contributed by atoms with E-state index in [1.165, 1.54) is 135 Å². The van der Waals surface area contributed by atoms with E-state index in [0.29, 0.717) is 0 Å². The zero-order valence-electron chi connectivity index (χ0n) is 30.9. The van der Waals surface area contributed by atoms with Crippen molar-refractivity contribution < 1.29 is 0 Å². The Labute approximate surface area is 327 Å². The average molecular weight is 718 g/mol. The molecule has 0 N–H and O–H groups in total. The maximum Gasteiger partial charge on any atom is 0.0447 e. The van der Waals surface area contributed by atoms with Gasteiger partial charge in [0, 0.05) is 18.3 Å². The fraction of sp³-hybridized carbons (Fsp3) is 0.0179. The number of rotatable bonds is 3. The van der Waals surface area contributed by atoms with Crippen LogP contribution in [0.5, 0.6) is 0 Å². The highest BCUT2D eigenvalue weighted by atomic mass is 14.7. The number of benzene rings is 11. The van der Waals surface area contributed by atoms with Crippen LogP contribution in [0, 0.1) is 0 Å². The summed E-state index contributed by atoms with van der Waals surface area (Å²) in [4.78, 5) is 4.95. The Morgan fingerprint density at radius 1 is 0.298 bits per heavy atom. The smallest absolute Gasteiger partial charge is 0.0447 e. The van der Waals surface area contributed by atoms with Crippen LogP contribution in [0.2, 0.25) is 0 Å². The molecule has 1 heteroatoms. The van der Waals surface area contributed by atoms with E-state index >= 15 is 0 Å². The fourth-order valence-electron chi connectivity index (χ4n) is 11.1. The minimum Gasteiger partial charge on any atom is -0.261 e. The number of aromatic nitrogens is 1. The van der Waals surface area contributed by atoms with Gasteiger partial charge in [0.25, 0.3) is 0 Å². The normalized spacial score (nSPS) is 12.6. The lowest BCUT2D eigenvalue weighted by Crippen LogP contribution is -1.96.